The van der Waals surface area contributed by atoms with Crippen LogP contribution in [0.15, 0.2) is 24.3 Å². The molecular formula is C18H22N4O4. The highest BCUT2D eigenvalue weighted by Crippen LogP contribution is 2.41. The molecule has 1 heterocycles. The van der Waals surface area contributed by atoms with Crippen molar-refractivity contribution in [3.8, 4) is 0 Å². The van der Waals surface area contributed by atoms with Crippen LogP contribution in [0, 0.1) is 0 Å². The Morgan fingerprint density at radius 2 is 1.96 bits per heavy atom. The quantitative estimate of drug-likeness (QED) is 0.623. The number of rotatable bonds is 6. The van der Waals surface area contributed by atoms with Gasteiger partial charge in [0.15, 0.2) is 0 Å². The van der Waals surface area contributed by atoms with Crippen molar-refractivity contribution in [2.24, 2.45) is 0 Å². The maximum Gasteiger partial charge on any atom is 0.325 e. The normalized spacial score (nSPS) is 20.9. The molecule has 1 aliphatic carbocycles. The topological polar surface area (TPSA) is 108 Å². The van der Waals surface area contributed by atoms with Crippen LogP contribution in [0.1, 0.15) is 30.9 Å². The van der Waals surface area contributed by atoms with Crippen molar-refractivity contribution in [1.29, 1.82) is 0 Å². The highest BCUT2D eigenvalue weighted by molar-refractivity contribution is 6.10. The molecule has 1 atom stereocenters. The Morgan fingerprint density at radius 1 is 1.19 bits per heavy atom. The Labute approximate surface area is 151 Å². The summed E-state index contributed by atoms with van der Waals surface area (Å²) in [7, 11) is 0. The third kappa shape index (κ3) is 3.14. The van der Waals surface area contributed by atoms with Crippen molar-refractivity contribution in [3.63, 3.8) is 0 Å². The Hall–Kier alpha value is -2.90. The average molecular weight is 358 g/mol. The zero-order valence-electron chi connectivity index (χ0n) is 14.6. The Kier molecular flexibility index (Phi) is 4.92. The largest absolute Gasteiger partial charge is 0.355 e. The number of imide groups is 1. The summed E-state index contributed by atoms with van der Waals surface area (Å²) in [6.45, 7) is 1.86. The van der Waals surface area contributed by atoms with Gasteiger partial charge in [-0.2, -0.15) is 0 Å². The van der Waals surface area contributed by atoms with Gasteiger partial charge in [-0.05, 0) is 30.4 Å². The molecule has 1 spiro atoms. The number of hydrogen-bond donors (Lipinski definition) is 3. The lowest BCUT2D eigenvalue weighted by Gasteiger charge is -2.22. The molecule has 2 aliphatic rings. The number of fused-ring (bicyclic) bond motifs is 2. The van der Waals surface area contributed by atoms with Crippen LogP contribution in [0.3, 0.4) is 0 Å². The first kappa shape index (κ1) is 17.9. The number of nitrogens with one attached hydrogen (secondary N) is 3. The van der Waals surface area contributed by atoms with Crippen LogP contribution in [0.4, 0.5) is 4.79 Å². The van der Waals surface area contributed by atoms with E-state index in [1.807, 2.05) is 31.2 Å². The molecule has 8 nitrogen and oxygen atoms in total. The molecule has 1 aromatic carbocycles. The van der Waals surface area contributed by atoms with Gasteiger partial charge >= 0.3 is 6.03 Å². The van der Waals surface area contributed by atoms with Crippen LogP contribution in [-0.2, 0) is 26.3 Å². The van der Waals surface area contributed by atoms with Crippen LogP contribution in [0.25, 0.3) is 0 Å². The highest BCUT2D eigenvalue weighted by atomic mass is 16.2. The second-order valence-electron chi connectivity index (χ2n) is 6.51. The molecule has 1 fully saturated rings. The third-order valence-electron chi connectivity index (χ3n) is 4.74. The van der Waals surface area contributed by atoms with Gasteiger partial charge < -0.3 is 16.0 Å². The van der Waals surface area contributed by atoms with Gasteiger partial charge in [0.25, 0.3) is 5.91 Å². The Balaban J connectivity index is 1.64. The molecule has 26 heavy (non-hydrogen) atoms. The van der Waals surface area contributed by atoms with E-state index in [4.69, 9.17) is 0 Å². The number of carbonyl (C=O) groups is 4. The number of urea groups is 1. The molecule has 3 rings (SSSR count). The second-order valence-corrected chi connectivity index (χ2v) is 6.51. The lowest BCUT2D eigenvalue weighted by molar-refractivity contribution is -0.135. The summed E-state index contributed by atoms with van der Waals surface area (Å²) in [5.74, 6) is -1.28. The van der Waals surface area contributed by atoms with Gasteiger partial charge in [0.05, 0.1) is 6.54 Å². The molecule has 5 amide bonds. The van der Waals surface area contributed by atoms with E-state index < -0.39 is 29.9 Å². The number of carbonyl (C=O) groups excluding carboxylic acids is 4. The van der Waals surface area contributed by atoms with Gasteiger partial charge in [-0.15, -0.1) is 0 Å². The fraction of sp³-hybridized carbons (Fsp3) is 0.444. The molecular weight excluding hydrogens is 336 g/mol. The lowest BCUT2D eigenvalue weighted by Crippen LogP contribution is -2.45. The van der Waals surface area contributed by atoms with Gasteiger partial charge in [-0.3, -0.25) is 19.3 Å². The summed E-state index contributed by atoms with van der Waals surface area (Å²) in [6.07, 6.45) is 1.97. The summed E-state index contributed by atoms with van der Waals surface area (Å²) in [4.78, 5) is 49.7. The number of aryl methyl sites for hydroxylation is 1. The van der Waals surface area contributed by atoms with Crippen LogP contribution in [-0.4, -0.2) is 48.3 Å². The number of hydrogen-bond acceptors (Lipinski definition) is 4. The monoisotopic (exact) mass is 358 g/mol. The second kappa shape index (κ2) is 7.15. The van der Waals surface area contributed by atoms with E-state index in [1.165, 1.54) is 0 Å². The summed E-state index contributed by atoms with van der Waals surface area (Å²) in [5, 5.41) is 7.83. The predicted molar refractivity (Wildman–Crippen MR) is 93.0 cm³/mol. The SMILES string of the molecule is CCCNC(=O)CNC(=O)CN1C(=O)N[C@@]2(CCc3ccccc32)C1=O. The van der Waals surface area contributed by atoms with E-state index in [2.05, 4.69) is 16.0 Å². The van der Waals surface area contributed by atoms with Gasteiger partial charge in [0.1, 0.15) is 12.1 Å². The van der Waals surface area contributed by atoms with E-state index in [-0.39, 0.29) is 12.5 Å². The van der Waals surface area contributed by atoms with Gasteiger partial charge in [-0.25, -0.2) is 4.79 Å². The third-order valence-corrected chi connectivity index (χ3v) is 4.74. The van der Waals surface area contributed by atoms with E-state index in [0.717, 1.165) is 22.4 Å². The molecule has 138 valence electrons. The minimum absolute atomic E-state index is 0.184. The first-order valence-corrected chi connectivity index (χ1v) is 8.74. The predicted octanol–water partition coefficient (Wildman–Crippen LogP) is 0.0223. The van der Waals surface area contributed by atoms with Crippen LogP contribution < -0.4 is 16.0 Å². The van der Waals surface area contributed by atoms with Crippen molar-refractivity contribution in [3.05, 3.63) is 35.4 Å². The lowest BCUT2D eigenvalue weighted by atomic mass is 9.92. The summed E-state index contributed by atoms with van der Waals surface area (Å²) in [5.41, 5.74) is 0.743. The maximum absolute atomic E-state index is 12.9. The summed E-state index contributed by atoms with van der Waals surface area (Å²) < 4.78 is 0. The number of nitrogens with zero attached hydrogens (tertiary/aromatic N) is 1. The zero-order valence-corrected chi connectivity index (χ0v) is 14.6. The first-order valence-electron chi connectivity index (χ1n) is 8.74. The van der Waals surface area contributed by atoms with E-state index in [1.54, 1.807) is 0 Å². The number of amides is 5. The molecule has 0 saturated carbocycles. The Bertz CT molecular complexity index is 763. The minimum Gasteiger partial charge on any atom is -0.355 e. The van der Waals surface area contributed by atoms with Crippen molar-refractivity contribution in [1.82, 2.24) is 20.9 Å². The summed E-state index contributed by atoms with van der Waals surface area (Å²) >= 11 is 0. The average Bonchev–Trinajstić information content (AvgIpc) is 3.12. The van der Waals surface area contributed by atoms with Crippen molar-refractivity contribution >= 4 is 23.8 Å². The van der Waals surface area contributed by atoms with Crippen molar-refractivity contribution in [2.45, 2.75) is 31.7 Å². The fourth-order valence-corrected chi connectivity index (χ4v) is 3.44. The van der Waals surface area contributed by atoms with Gasteiger partial charge in [0, 0.05) is 6.54 Å². The number of benzene rings is 1. The van der Waals surface area contributed by atoms with Crippen molar-refractivity contribution in [2.75, 3.05) is 19.6 Å². The molecule has 0 aromatic heterocycles. The Morgan fingerprint density at radius 3 is 2.73 bits per heavy atom. The van der Waals surface area contributed by atoms with Gasteiger partial charge in [-0.1, -0.05) is 31.2 Å². The maximum atomic E-state index is 12.9. The van der Waals surface area contributed by atoms with Gasteiger partial charge in [0.2, 0.25) is 11.8 Å². The smallest absolute Gasteiger partial charge is 0.325 e. The molecule has 1 aromatic rings. The molecule has 3 N–H and O–H groups in total. The van der Waals surface area contributed by atoms with Crippen LogP contribution in [0.5, 0.6) is 0 Å². The first-order chi connectivity index (χ1) is 12.5. The summed E-state index contributed by atoms with van der Waals surface area (Å²) in [6, 6.07) is 6.91. The van der Waals surface area contributed by atoms with E-state index in [0.29, 0.717) is 19.4 Å². The minimum atomic E-state index is -1.08. The molecule has 1 aliphatic heterocycles. The van der Waals surface area contributed by atoms with E-state index >= 15 is 0 Å². The molecule has 0 bridgehead atoms. The fourth-order valence-electron chi connectivity index (χ4n) is 3.44. The van der Waals surface area contributed by atoms with Crippen LogP contribution >= 0.6 is 0 Å². The van der Waals surface area contributed by atoms with Crippen LogP contribution in [0.2, 0.25) is 0 Å². The zero-order chi connectivity index (χ0) is 18.7. The molecule has 0 radical (unpaired) electrons. The standard InChI is InChI=1S/C18H22N4O4/c1-2-9-19-14(23)10-20-15(24)11-22-16(25)18(21-17(22)26)8-7-12-5-3-4-6-13(12)18/h3-6H,2,7-11H2,1H3,(H,19,23)(H,20,24)(H,21,26)/t18-/m1/s1. The molecule has 0 unspecified atom stereocenters. The highest BCUT2D eigenvalue weighted by Gasteiger charge is 2.55. The van der Waals surface area contributed by atoms with Crippen molar-refractivity contribution < 1.29 is 19.2 Å². The molecule has 8 heteroatoms. The molecule has 1 saturated heterocycles. The van der Waals surface area contributed by atoms with E-state index in [9.17, 15) is 19.2 Å².